The van der Waals surface area contributed by atoms with E-state index in [0.29, 0.717) is 0 Å². The van der Waals surface area contributed by atoms with E-state index in [2.05, 4.69) is 44.8 Å². The molecule has 0 aliphatic carbocycles. The lowest BCUT2D eigenvalue weighted by molar-refractivity contribution is 0.727. The summed E-state index contributed by atoms with van der Waals surface area (Å²) in [7, 11) is 2.00. The highest BCUT2D eigenvalue weighted by atomic mass is 79.9. The van der Waals surface area contributed by atoms with Gasteiger partial charge in [-0.1, -0.05) is 12.1 Å². The molecule has 0 aliphatic heterocycles. The molecule has 2 aromatic rings. The topological polar surface area (TPSA) is 12.0 Å². The fourth-order valence-corrected chi connectivity index (χ4v) is 3.38. The van der Waals surface area contributed by atoms with Crippen LogP contribution in [0, 0.1) is 0 Å². The van der Waals surface area contributed by atoms with Crippen molar-refractivity contribution in [1.29, 1.82) is 0 Å². The van der Waals surface area contributed by atoms with Crippen LogP contribution in [0.1, 0.15) is 12.0 Å². The van der Waals surface area contributed by atoms with E-state index in [-0.39, 0.29) is 0 Å². The lowest BCUT2D eigenvalue weighted by atomic mass is 10.1. The quantitative estimate of drug-likeness (QED) is 0.842. The average Bonchev–Trinajstić information content (AvgIpc) is 2.64. The molecule has 1 N–H and O–H groups in total. The van der Waals surface area contributed by atoms with Crippen molar-refractivity contribution < 1.29 is 0 Å². The Kier molecular flexibility index (Phi) is 3.78. The van der Waals surface area contributed by atoms with Crippen molar-refractivity contribution in [2.45, 2.75) is 12.8 Å². The fraction of sp³-hybridized carbons (Fsp3) is 0.333. The van der Waals surface area contributed by atoms with Gasteiger partial charge < -0.3 is 5.32 Å². The van der Waals surface area contributed by atoms with Crippen LogP contribution in [0.3, 0.4) is 0 Å². The third-order valence-corrected chi connectivity index (χ3v) is 4.51. The lowest BCUT2D eigenvalue weighted by Crippen LogP contribution is -2.08. The zero-order valence-electron chi connectivity index (χ0n) is 8.72. The molecule has 0 bridgehead atoms. The Labute approximate surface area is 103 Å². The van der Waals surface area contributed by atoms with Gasteiger partial charge in [0.25, 0.3) is 0 Å². The molecule has 1 aromatic carbocycles. The van der Waals surface area contributed by atoms with Crippen LogP contribution in [0.4, 0.5) is 0 Å². The van der Waals surface area contributed by atoms with Crippen LogP contribution in [0.15, 0.2) is 28.1 Å². The van der Waals surface area contributed by atoms with E-state index in [4.69, 9.17) is 0 Å². The van der Waals surface area contributed by atoms with Gasteiger partial charge in [0.2, 0.25) is 0 Å². The minimum absolute atomic E-state index is 1.09. The summed E-state index contributed by atoms with van der Waals surface area (Å²) in [5.41, 5.74) is 1.48. The predicted octanol–water partition coefficient (Wildman–Crippen LogP) is 3.82. The minimum Gasteiger partial charge on any atom is -0.320 e. The summed E-state index contributed by atoms with van der Waals surface area (Å²) in [5.74, 6) is 0. The van der Waals surface area contributed by atoms with Gasteiger partial charge in [-0.05, 0) is 64.8 Å². The zero-order chi connectivity index (χ0) is 10.7. The Morgan fingerprint density at radius 2 is 2.27 bits per heavy atom. The first-order valence-electron chi connectivity index (χ1n) is 5.12. The number of hydrogen-bond acceptors (Lipinski definition) is 2. The summed E-state index contributed by atoms with van der Waals surface area (Å²) < 4.78 is 2.59. The number of aryl methyl sites for hydroxylation is 1. The van der Waals surface area contributed by atoms with Crippen molar-refractivity contribution in [3.63, 3.8) is 0 Å². The fourth-order valence-electron chi connectivity index (χ4n) is 1.72. The van der Waals surface area contributed by atoms with E-state index in [0.717, 1.165) is 13.0 Å². The molecule has 0 saturated heterocycles. The summed E-state index contributed by atoms with van der Waals surface area (Å²) in [6.07, 6.45) is 2.37. The maximum Gasteiger partial charge on any atom is 0.0487 e. The van der Waals surface area contributed by atoms with E-state index in [9.17, 15) is 0 Å². The van der Waals surface area contributed by atoms with E-state index in [1.807, 2.05) is 18.4 Å². The molecule has 1 aromatic heterocycles. The molecule has 0 unspecified atom stereocenters. The third-order valence-electron chi connectivity index (χ3n) is 2.50. The first-order chi connectivity index (χ1) is 7.33. The summed E-state index contributed by atoms with van der Waals surface area (Å²) in [6.45, 7) is 1.09. The number of thiophene rings is 1. The Morgan fingerprint density at radius 3 is 3.07 bits per heavy atom. The highest BCUT2D eigenvalue weighted by Crippen LogP contribution is 2.32. The summed E-state index contributed by atoms with van der Waals surface area (Å²) in [6, 6.07) is 6.43. The second-order valence-electron chi connectivity index (χ2n) is 3.58. The Balaban J connectivity index is 2.25. The van der Waals surface area contributed by atoms with E-state index < -0.39 is 0 Å². The first kappa shape index (κ1) is 11.1. The smallest absolute Gasteiger partial charge is 0.0487 e. The van der Waals surface area contributed by atoms with Gasteiger partial charge in [0.1, 0.15) is 0 Å². The maximum atomic E-state index is 3.59. The highest BCUT2D eigenvalue weighted by molar-refractivity contribution is 9.10. The predicted molar refractivity (Wildman–Crippen MR) is 71.8 cm³/mol. The molecule has 80 valence electrons. The van der Waals surface area contributed by atoms with E-state index >= 15 is 0 Å². The zero-order valence-corrected chi connectivity index (χ0v) is 11.1. The third kappa shape index (κ3) is 2.41. The highest BCUT2D eigenvalue weighted by Gasteiger charge is 2.05. The van der Waals surface area contributed by atoms with Crippen LogP contribution in [0.2, 0.25) is 0 Å². The van der Waals surface area contributed by atoms with Crippen molar-refractivity contribution in [1.82, 2.24) is 5.32 Å². The van der Waals surface area contributed by atoms with Gasteiger partial charge in [0, 0.05) is 9.17 Å². The second kappa shape index (κ2) is 5.10. The molecular formula is C12H14BrNS. The Bertz CT molecular complexity index is 450. The molecule has 15 heavy (non-hydrogen) atoms. The van der Waals surface area contributed by atoms with Crippen LogP contribution in [0.5, 0.6) is 0 Å². The summed E-state index contributed by atoms with van der Waals surface area (Å²) in [4.78, 5) is 0. The van der Waals surface area contributed by atoms with Crippen LogP contribution >= 0.6 is 27.3 Å². The van der Waals surface area contributed by atoms with Crippen molar-refractivity contribution >= 4 is 37.4 Å². The maximum absolute atomic E-state index is 3.59. The molecular weight excluding hydrogens is 270 g/mol. The monoisotopic (exact) mass is 283 g/mol. The molecule has 0 atom stereocenters. The van der Waals surface area contributed by atoms with E-state index in [1.165, 1.54) is 26.5 Å². The molecule has 0 amide bonds. The number of nitrogens with one attached hydrogen (secondary N) is 1. The van der Waals surface area contributed by atoms with Gasteiger partial charge in [0.15, 0.2) is 0 Å². The number of fused-ring (bicyclic) bond motifs is 1. The largest absolute Gasteiger partial charge is 0.320 e. The van der Waals surface area contributed by atoms with Gasteiger partial charge in [-0.2, -0.15) is 0 Å². The molecule has 1 heterocycles. The minimum atomic E-state index is 1.09. The van der Waals surface area contributed by atoms with Gasteiger partial charge in [-0.15, -0.1) is 11.3 Å². The molecule has 3 heteroatoms. The SMILES string of the molecule is CNCCCc1csc2c(Br)cccc12. The first-order valence-corrected chi connectivity index (χ1v) is 6.79. The van der Waals surface area contributed by atoms with Crippen molar-refractivity contribution in [2.75, 3.05) is 13.6 Å². The van der Waals surface area contributed by atoms with Gasteiger partial charge in [0.05, 0.1) is 0 Å². The van der Waals surface area contributed by atoms with Crippen molar-refractivity contribution in [2.24, 2.45) is 0 Å². The summed E-state index contributed by atoms with van der Waals surface area (Å²) in [5, 5.41) is 6.87. The number of hydrogen-bond donors (Lipinski definition) is 1. The standard InChI is InChI=1S/C12H14BrNS/c1-14-7-3-4-9-8-15-12-10(9)5-2-6-11(12)13/h2,5-6,8,14H,3-4,7H2,1H3. The van der Waals surface area contributed by atoms with Gasteiger partial charge in [-0.3, -0.25) is 0 Å². The average molecular weight is 284 g/mol. The van der Waals surface area contributed by atoms with Crippen LogP contribution in [-0.2, 0) is 6.42 Å². The normalized spacial score (nSPS) is 11.1. The number of benzene rings is 1. The number of halogens is 1. The van der Waals surface area contributed by atoms with Crippen LogP contribution < -0.4 is 5.32 Å². The van der Waals surface area contributed by atoms with Crippen molar-refractivity contribution in [3.05, 3.63) is 33.6 Å². The molecule has 0 fully saturated rings. The lowest BCUT2D eigenvalue weighted by Gasteiger charge is -2.00. The second-order valence-corrected chi connectivity index (χ2v) is 5.32. The molecule has 0 saturated carbocycles. The van der Waals surface area contributed by atoms with Crippen molar-refractivity contribution in [3.8, 4) is 0 Å². The molecule has 0 spiro atoms. The Hall–Kier alpha value is -0.380. The van der Waals surface area contributed by atoms with Gasteiger partial charge >= 0.3 is 0 Å². The molecule has 2 rings (SSSR count). The molecule has 0 radical (unpaired) electrons. The van der Waals surface area contributed by atoms with E-state index in [1.54, 1.807) is 0 Å². The summed E-state index contributed by atoms with van der Waals surface area (Å²) >= 11 is 5.42. The Morgan fingerprint density at radius 1 is 1.40 bits per heavy atom. The molecule has 1 nitrogen and oxygen atoms in total. The van der Waals surface area contributed by atoms with Gasteiger partial charge in [-0.25, -0.2) is 0 Å². The number of rotatable bonds is 4. The van der Waals surface area contributed by atoms with Crippen LogP contribution in [0.25, 0.3) is 10.1 Å². The van der Waals surface area contributed by atoms with Crippen LogP contribution in [-0.4, -0.2) is 13.6 Å². The molecule has 0 aliphatic rings.